The molecule has 0 spiro atoms. The van der Waals surface area contributed by atoms with Crippen LogP contribution in [-0.4, -0.2) is 30.2 Å². The molecule has 1 atom stereocenters. The highest BCUT2D eigenvalue weighted by atomic mass is 19.4. The Kier molecular flexibility index (Phi) is 3.72. The van der Waals surface area contributed by atoms with Gasteiger partial charge in [-0.1, -0.05) is 0 Å². The predicted molar refractivity (Wildman–Crippen MR) is 32.7 cm³/mol. The number of rotatable bonds is 2. The molecule has 0 aromatic carbocycles. The minimum Gasteiger partial charge on any atom is -0.386 e. The van der Waals surface area contributed by atoms with Gasteiger partial charge in [-0.3, -0.25) is 0 Å². The van der Waals surface area contributed by atoms with E-state index in [-0.39, 0.29) is 0 Å². The molecule has 0 aliphatic carbocycles. The Morgan fingerprint density at radius 3 is 1.80 bits per heavy atom. The number of halogens is 6. The van der Waals surface area contributed by atoms with Crippen molar-refractivity contribution in [2.24, 2.45) is 0 Å². The van der Waals surface area contributed by atoms with Gasteiger partial charge in [-0.25, -0.2) is 14.0 Å². The molecule has 0 bridgehead atoms. The van der Waals surface area contributed by atoms with E-state index < -0.39 is 30.2 Å². The molecule has 0 heterocycles. The molecule has 0 aromatic heterocycles. The first kappa shape index (κ1) is 13.7. The van der Waals surface area contributed by atoms with Crippen molar-refractivity contribution in [1.29, 1.82) is 0 Å². The van der Waals surface area contributed by atoms with Crippen LogP contribution >= 0.6 is 0 Å². The lowest BCUT2D eigenvalue weighted by molar-refractivity contribution is -0.279. The number of alkyl halides is 6. The van der Waals surface area contributed by atoms with E-state index in [4.69, 9.17) is 0 Å². The molecular formula is C6H4F6O3. The summed E-state index contributed by atoms with van der Waals surface area (Å²) in [4.78, 5) is 20.4. The second-order valence-electron chi connectivity index (χ2n) is 2.40. The first-order chi connectivity index (χ1) is 6.50. The van der Waals surface area contributed by atoms with Gasteiger partial charge in [0.2, 0.25) is 0 Å². The highest BCUT2D eigenvalue weighted by molar-refractivity contribution is 5.91. The molecule has 0 aliphatic heterocycles. The molecule has 0 aliphatic rings. The Balaban J connectivity index is 4.67. The van der Waals surface area contributed by atoms with E-state index in [0.717, 1.165) is 0 Å². The molecule has 0 fully saturated rings. The lowest BCUT2D eigenvalue weighted by atomic mass is 10.3. The summed E-state index contributed by atoms with van der Waals surface area (Å²) < 4.78 is 73.6. The maximum atomic E-state index is 12.1. The maximum absolute atomic E-state index is 12.1. The van der Waals surface area contributed by atoms with Crippen LogP contribution in [0.15, 0.2) is 0 Å². The van der Waals surface area contributed by atoms with Gasteiger partial charge in [0, 0.05) is 0 Å². The van der Waals surface area contributed by atoms with Gasteiger partial charge in [-0.05, 0) is 6.92 Å². The van der Waals surface area contributed by atoms with E-state index in [1.807, 2.05) is 0 Å². The third-order valence-electron chi connectivity index (χ3n) is 1.13. The van der Waals surface area contributed by atoms with Gasteiger partial charge < -0.3 is 4.74 Å². The second kappa shape index (κ2) is 4.07. The van der Waals surface area contributed by atoms with Crippen LogP contribution in [0.5, 0.6) is 0 Å². The number of hydrogen-bond donors (Lipinski definition) is 0. The number of esters is 2. The smallest absolute Gasteiger partial charge is 0.386 e. The largest absolute Gasteiger partial charge is 0.465 e. The molecule has 0 aromatic rings. The van der Waals surface area contributed by atoms with Crippen LogP contribution in [0, 0.1) is 0 Å². The second-order valence-corrected chi connectivity index (χ2v) is 2.40. The highest BCUT2D eigenvalue weighted by Crippen LogP contribution is 2.36. The lowest BCUT2D eigenvalue weighted by Gasteiger charge is -2.16. The Morgan fingerprint density at radius 2 is 1.53 bits per heavy atom. The topological polar surface area (TPSA) is 43.4 Å². The van der Waals surface area contributed by atoms with Crippen LogP contribution in [0.25, 0.3) is 0 Å². The van der Waals surface area contributed by atoms with Crippen LogP contribution in [0.3, 0.4) is 0 Å². The average Bonchev–Trinajstić information content (AvgIpc) is 2.01. The van der Waals surface area contributed by atoms with E-state index in [1.54, 1.807) is 0 Å². The Labute approximate surface area is 79.0 Å². The van der Waals surface area contributed by atoms with E-state index >= 15 is 0 Å². The van der Waals surface area contributed by atoms with Crippen molar-refractivity contribution in [3.8, 4) is 0 Å². The van der Waals surface area contributed by atoms with E-state index in [2.05, 4.69) is 4.74 Å². The summed E-state index contributed by atoms with van der Waals surface area (Å²) in [7, 11) is 0. The van der Waals surface area contributed by atoms with Crippen molar-refractivity contribution in [2.75, 3.05) is 0 Å². The van der Waals surface area contributed by atoms with Crippen molar-refractivity contribution >= 4 is 11.9 Å². The summed E-state index contributed by atoms with van der Waals surface area (Å²) in [5.74, 6) is -11.1. The van der Waals surface area contributed by atoms with Gasteiger partial charge in [0.15, 0.2) is 6.17 Å². The first-order valence-electron chi connectivity index (χ1n) is 3.35. The van der Waals surface area contributed by atoms with Gasteiger partial charge in [-0.2, -0.15) is 22.0 Å². The first-order valence-corrected chi connectivity index (χ1v) is 3.35. The zero-order valence-electron chi connectivity index (χ0n) is 7.07. The molecule has 0 amide bonds. The third-order valence-corrected chi connectivity index (χ3v) is 1.13. The molecular weight excluding hydrogens is 234 g/mol. The molecule has 0 saturated carbocycles. The van der Waals surface area contributed by atoms with Crippen molar-refractivity contribution in [3.63, 3.8) is 0 Å². The third kappa shape index (κ3) is 3.10. The van der Waals surface area contributed by atoms with Gasteiger partial charge in [0.25, 0.3) is 0 Å². The standard InChI is InChI=1S/C6H4F6O3/c1-2(7)3(13)15-4(14)5(8,9)6(10,11)12/h2H,1H3. The highest BCUT2D eigenvalue weighted by Gasteiger charge is 2.65. The summed E-state index contributed by atoms with van der Waals surface area (Å²) in [6, 6.07) is 0. The molecule has 0 radical (unpaired) electrons. The van der Waals surface area contributed by atoms with Gasteiger partial charge in [0.05, 0.1) is 0 Å². The molecule has 0 saturated heterocycles. The minimum atomic E-state index is -6.19. The summed E-state index contributed by atoms with van der Waals surface area (Å²) in [5.41, 5.74) is 0. The normalized spacial score (nSPS) is 14.6. The summed E-state index contributed by atoms with van der Waals surface area (Å²) in [6.45, 7) is 0.515. The Hall–Kier alpha value is -1.28. The number of ether oxygens (including phenoxy) is 1. The van der Waals surface area contributed by atoms with E-state index in [0.29, 0.717) is 6.92 Å². The van der Waals surface area contributed by atoms with Crippen molar-refractivity contribution in [2.45, 2.75) is 25.2 Å². The number of hydrogen-bond acceptors (Lipinski definition) is 3. The number of carbonyl (C=O) groups is 2. The zero-order valence-corrected chi connectivity index (χ0v) is 7.07. The van der Waals surface area contributed by atoms with Crippen LogP contribution in [-0.2, 0) is 14.3 Å². The van der Waals surface area contributed by atoms with Crippen molar-refractivity contribution in [3.05, 3.63) is 0 Å². The summed E-state index contributed by atoms with van der Waals surface area (Å²) in [5, 5.41) is 0. The SMILES string of the molecule is CC(F)C(=O)OC(=O)C(F)(F)C(F)(F)F. The van der Waals surface area contributed by atoms with E-state index in [9.17, 15) is 35.9 Å². The quantitative estimate of drug-likeness (QED) is 0.417. The van der Waals surface area contributed by atoms with Crippen LogP contribution in [0.4, 0.5) is 26.3 Å². The Morgan fingerprint density at radius 1 is 1.13 bits per heavy atom. The van der Waals surface area contributed by atoms with Gasteiger partial charge in [-0.15, -0.1) is 0 Å². The summed E-state index contributed by atoms with van der Waals surface area (Å²) in [6.07, 6.45) is -8.66. The molecule has 0 rings (SSSR count). The fraction of sp³-hybridized carbons (Fsp3) is 0.667. The van der Waals surface area contributed by atoms with Crippen molar-refractivity contribution in [1.82, 2.24) is 0 Å². The fourth-order valence-corrected chi connectivity index (χ4v) is 0.352. The fourth-order valence-electron chi connectivity index (χ4n) is 0.352. The number of carbonyl (C=O) groups excluding carboxylic acids is 2. The minimum absolute atomic E-state index is 0.515. The van der Waals surface area contributed by atoms with E-state index in [1.165, 1.54) is 0 Å². The molecule has 0 N–H and O–H groups in total. The molecule has 88 valence electrons. The molecule has 1 unspecified atom stereocenters. The predicted octanol–water partition coefficient (Wildman–Crippen LogP) is 1.61. The van der Waals surface area contributed by atoms with Crippen LogP contribution < -0.4 is 0 Å². The van der Waals surface area contributed by atoms with Crippen LogP contribution in [0.1, 0.15) is 6.92 Å². The summed E-state index contributed by atoms with van der Waals surface area (Å²) >= 11 is 0. The average molecular weight is 238 g/mol. The molecule has 9 heteroatoms. The monoisotopic (exact) mass is 238 g/mol. The maximum Gasteiger partial charge on any atom is 0.465 e. The molecule has 15 heavy (non-hydrogen) atoms. The lowest BCUT2D eigenvalue weighted by Crippen LogP contribution is -2.46. The van der Waals surface area contributed by atoms with Crippen LogP contribution in [0.2, 0.25) is 0 Å². The van der Waals surface area contributed by atoms with Crippen molar-refractivity contribution < 1.29 is 40.7 Å². The Bertz CT molecular complexity index is 269. The van der Waals surface area contributed by atoms with Gasteiger partial charge >= 0.3 is 24.0 Å². The van der Waals surface area contributed by atoms with Gasteiger partial charge in [0.1, 0.15) is 0 Å². The molecule has 3 nitrogen and oxygen atoms in total. The zero-order chi connectivity index (χ0) is 12.4.